The number of aryl methyl sites for hydroxylation is 2. The Kier molecular flexibility index (Phi) is 7.87. The number of halogens is 2. The van der Waals surface area contributed by atoms with Gasteiger partial charge in [0.1, 0.15) is 5.82 Å². The molecule has 1 aliphatic carbocycles. The lowest BCUT2D eigenvalue weighted by Gasteiger charge is -2.30. The van der Waals surface area contributed by atoms with Crippen molar-refractivity contribution in [1.82, 2.24) is 9.88 Å². The Labute approximate surface area is 217 Å². The third-order valence-electron chi connectivity index (χ3n) is 7.48. The first kappa shape index (κ1) is 26.4. The summed E-state index contributed by atoms with van der Waals surface area (Å²) in [6, 6.07) is 5.16. The first-order valence-corrected chi connectivity index (χ1v) is 12.5. The number of ether oxygens (including phenoxy) is 1. The zero-order valence-electron chi connectivity index (χ0n) is 20.8. The molecule has 2 fully saturated rings. The van der Waals surface area contributed by atoms with Crippen LogP contribution in [0.2, 0.25) is 0 Å². The Morgan fingerprint density at radius 2 is 1.86 bits per heavy atom. The van der Waals surface area contributed by atoms with E-state index >= 15 is 4.39 Å². The van der Waals surface area contributed by atoms with Crippen molar-refractivity contribution in [2.24, 2.45) is 11.7 Å². The molecule has 36 heavy (non-hydrogen) atoms. The van der Waals surface area contributed by atoms with Crippen molar-refractivity contribution in [3.63, 3.8) is 0 Å². The van der Waals surface area contributed by atoms with E-state index in [0.29, 0.717) is 55.6 Å². The quantitative estimate of drug-likeness (QED) is 0.599. The maximum atomic E-state index is 15.3. The molecule has 2 aromatic rings. The molecule has 1 aromatic heterocycles. The van der Waals surface area contributed by atoms with Gasteiger partial charge in [0.15, 0.2) is 0 Å². The van der Waals surface area contributed by atoms with Crippen LogP contribution in [0.4, 0.5) is 10.1 Å². The van der Waals surface area contributed by atoms with Gasteiger partial charge in [-0.15, -0.1) is 12.4 Å². The van der Waals surface area contributed by atoms with Gasteiger partial charge in [0, 0.05) is 42.6 Å². The number of H-pyrrole nitrogens is 1. The van der Waals surface area contributed by atoms with Crippen LogP contribution in [0.3, 0.4) is 0 Å². The zero-order valence-corrected chi connectivity index (χ0v) is 21.6. The van der Waals surface area contributed by atoms with Gasteiger partial charge in [-0.2, -0.15) is 0 Å². The van der Waals surface area contributed by atoms with Gasteiger partial charge in [0.05, 0.1) is 30.0 Å². The molecule has 0 atom stereocenters. The van der Waals surface area contributed by atoms with Gasteiger partial charge >= 0.3 is 0 Å². The smallest absolute Gasteiger partial charge is 0.259 e. The standard InChI is InChI=1S/C27H33FN4O3.ClH/c1-16-11-17(2)30-24(16)13-21-20-12-23(28)22(26(33)31-7-9-35-10-8-31)14-25(20)32(27(21)34)15-18-3-5-19(29)6-4-18;/h11-14,18-19,30H,3-10,15,29H2,1-2H3;1H/b21-13-;. The maximum absolute atomic E-state index is 15.3. The van der Waals surface area contributed by atoms with Gasteiger partial charge in [0.2, 0.25) is 0 Å². The van der Waals surface area contributed by atoms with E-state index in [4.69, 9.17) is 10.5 Å². The summed E-state index contributed by atoms with van der Waals surface area (Å²) in [5.41, 5.74) is 10.5. The lowest BCUT2D eigenvalue weighted by molar-refractivity contribution is -0.113. The van der Waals surface area contributed by atoms with Crippen molar-refractivity contribution in [2.75, 3.05) is 37.7 Å². The lowest BCUT2D eigenvalue weighted by Crippen LogP contribution is -2.41. The van der Waals surface area contributed by atoms with E-state index in [2.05, 4.69) is 4.98 Å². The van der Waals surface area contributed by atoms with Gasteiger partial charge in [0.25, 0.3) is 11.8 Å². The Morgan fingerprint density at radius 1 is 1.17 bits per heavy atom. The van der Waals surface area contributed by atoms with E-state index < -0.39 is 5.82 Å². The molecule has 3 heterocycles. The molecular formula is C27H34ClFN4O3. The number of anilines is 1. The van der Waals surface area contributed by atoms with Crippen molar-refractivity contribution in [2.45, 2.75) is 45.6 Å². The number of carbonyl (C=O) groups is 2. The topological polar surface area (TPSA) is 91.7 Å². The summed E-state index contributed by atoms with van der Waals surface area (Å²) in [7, 11) is 0. The number of benzene rings is 1. The van der Waals surface area contributed by atoms with Gasteiger partial charge in [-0.05, 0) is 75.3 Å². The molecule has 3 aliphatic rings. The largest absolute Gasteiger partial charge is 0.378 e. The third-order valence-corrected chi connectivity index (χ3v) is 7.48. The van der Waals surface area contributed by atoms with Crippen molar-refractivity contribution in [1.29, 1.82) is 0 Å². The van der Waals surface area contributed by atoms with Gasteiger partial charge < -0.3 is 25.3 Å². The van der Waals surface area contributed by atoms with Crippen molar-refractivity contribution in [3.8, 4) is 0 Å². The predicted octanol–water partition coefficient (Wildman–Crippen LogP) is 4.07. The van der Waals surface area contributed by atoms with Crippen LogP contribution in [0.5, 0.6) is 0 Å². The van der Waals surface area contributed by atoms with Crippen LogP contribution in [-0.4, -0.2) is 60.6 Å². The van der Waals surface area contributed by atoms with E-state index in [0.717, 1.165) is 42.6 Å². The number of fused-ring (bicyclic) bond motifs is 1. The van der Waals surface area contributed by atoms with Crippen LogP contribution in [0.25, 0.3) is 11.6 Å². The molecule has 7 nitrogen and oxygen atoms in total. The minimum Gasteiger partial charge on any atom is -0.378 e. The summed E-state index contributed by atoms with van der Waals surface area (Å²) in [5, 5.41) is 0. The Bertz CT molecular complexity index is 1180. The van der Waals surface area contributed by atoms with Crippen LogP contribution in [0.15, 0.2) is 18.2 Å². The summed E-state index contributed by atoms with van der Waals surface area (Å²) >= 11 is 0. The van der Waals surface area contributed by atoms with Crippen molar-refractivity contribution < 1.29 is 18.7 Å². The minimum absolute atomic E-state index is 0. The summed E-state index contributed by atoms with van der Waals surface area (Å²) < 4.78 is 20.7. The molecule has 0 radical (unpaired) electrons. The number of aromatic amines is 1. The Morgan fingerprint density at radius 3 is 2.50 bits per heavy atom. The third kappa shape index (κ3) is 5.08. The van der Waals surface area contributed by atoms with Gasteiger partial charge in [-0.25, -0.2) is 4.39 Å². The normalized spacial score (nSPS) is 23.1. The highest BCUT2D eigenvalue weighted by molar-refractivity contribution is 6.36. The van der Waals surface area contributed by atoms with Gasteiger partial charge in [-0.1, -0.05) is 0 Å². The molecule has 0 bridgehead atoms. The zero-order chi connectivity index (χ0) is 24.7. The summed E-state index contributed by atoms with van der Waals surface area (Å²) in [6.45, 7) is 6.21. The highest BCUT2D eigenvalue weighted by atomic mass is 35.5. The summed E-state index contributed by atoms with van der Waals surface area (Å²) in [5.74, 6) is -0.803. The van der Waals surface area contributed by atoms with E-state index in [9.17, 15) is 9.59 Å². The fraction of sp³-hybridized carbons (Fsp3) is 0.481. The van der Waals surface area contributed by atoms with E-state index in [-0.39, 0.29) is 35.8 Å². The predicted molar refractivity (Wildman–Crippen MR) is 141 cm³/mol. The number of morpholine rings is 1. The Balaban J connectivity index is 0.00000304. The molecule has 2 aliphatic heterocycles. The second-order valence-electron chi connectivity index (χ2n) is 10.1. The second kappa shape index (κ2) is 10.7. The Hall–Kier alpha value is -2.68. The minimum atomic E-state index is -0.608. The number of carbonyl (C=O) groups excluding carboxylic acids is 2. The average Bonchev–Trinajstić information content (AvgIpc) is 3.30. The lowest BCUT2D eigenvalue weighted by atomic mass is 9.86. The fourth-order valence-corrected chi connectivity index (χ4v) is 5.47. The molecule has 3 N–H and O–H groups in total. The molecule has 0 spiro atoms. The van der Waals surface area contributed by atoms with E-state index in [1.165, 1.54) is 6.07 Å². The number of hydrogen-bond donors (Lipinski definition) is 2. The number of hydrogen-bond acceptors (Lipinski definition) is 4. The molecule has 1 saturated carbocycles. The number of nitrogens with one attached hydrogen (secondary N) is 1. The van der Waals surface area contributed by atoms with Crippen LogP contribution >= 0.6 is 12.4 Å². The fourth-order valence-electron chi connectivity index (χ4n) is 5.47. The highest BCUT2D eigenvalue weighted by Crippen LogP contribution is 2.41. The molecule has 9 heteroatoms. The molecule has 1 saturated heterocycles. The molecule has 2 amide bonds. The van der Waals surface area contributed by atoms with Crippen LogP contribution in [-0.2, 0) is 9.53 Å². The number of amides is 2. The van der Waals surface area contributed by atoms with Crippen LogP contribution in [0, 0.1) is 25.6 Å². The summed E-state index contributed by atoms with van der Waals surface area (Å²) in [4.78, 5) is 33.5. The monoisotopic (exact) mass is 516 g/mol. The molecule has 194 valence electrons. The summed E-state index contributed by atoms with van der Waals surface area (Å²) in [6.07, 6.45) is 5.59. The maximum Gasteiger partial charge on any atom is 0.259 e. The molecular weight excluding hydrogens is 483 g/mol. The first-order valence-electron chi connectivity index (χ1n) is 12.5. The number of rotatable bonds is 4. The first-order chi connectivity index (χ1) is 16.8. The molecule has 5 rings (SSSR count). The SMILES string of the molecule is Cc1cc(C)c(/C=C2\C(=O)N(CC3CCC(N)CC3)c3cc(C(=O)N4CCOCC4)c(F)cc32)[nH]1.Cl. The van der Waals surface area contributed by atoms with Crippen molar-refractivity contribution >= 4 is 41.6 Å². The van der Waals surface area contributed by atoms with Crippen LogP contribution < -0.4 is 10.6 Å². The van der Waals surface area contributed by atoms with E-state index in [1.807, 2.05) is 26.0 Å². The van der Waals surface area contributed by atoms with Gasteiger partial charge in [-0.3, -0.25) is 9.59 Å². The second-order valence-corrected chi connectivity index (χ2v) is 10.1. The average molecular weight is 517 g/mol. The molecule has 1 aromatic carbocycles. The van der Waals surface area contributed by atoms with Crippen LogP contribution in [0.1, 0.15) is 58.6 Å². The van der Waals surface area contributed by atoms with Crippen molar-refractivity contribution in [3.05, 3.63) is 52.1 Å². The number of aromatic nitrogens is 1. The van der Waals surface area contributed by atoms with E-state index in [1.54, 1.807) is 15.9 Å². The highest BCUT2D eigenvalue weighted by Gasteiger charge is 2.37. The number of nitrogens with zero attached hydrogens (tertiary/aromatic N) is 2. The number of nitrogens with two attached hydrogens (primary N) is 1. The molecule has 0 unspecified atom stereocenters.